The van der Waals surface area contributed by atoms with Crippen molar-refractivity contribution < 1.29 is 14.3 Å². The van der Waals surface area contributed by atoms with Crippen LogP contribution in [0.2, 0.25) is 0 Å². The van der Waals surface area contributed by atoms with Gasteiger partial charge in [0.25, 0.3) is 0 Å². The Balaban J connectivity index is 1.90. The highest BCUT2D eigenvalue weighted by Crippen LogP contribution is 2.32. The van der Waals surface area contributed by atoms with Crippen LogP contribution in [0.3, 0.4) is 0 Å². The second-order valence-corrected chi connectivity index (χ2v) is 6.01. The average molecular weight is 311 g/mol. The lowest BCUT2D eigenvalue weighted by atomic mass is 9.95. The summed E-state index contributed by atoms with van der Waals surface area (Å²) in [6.45, 7) is 2.67. The number of ether oxygens (including phenoxy) is 1. The summed E-state index contributed by atoms with van der Waals surface area (Å²) in [7, 11) is 0. The third kappa shape index (κ3) is 4.25. The van der Waals surface area contributed by atoms with Crippen molar-refractivity contribution in [3.63, 3.8) is 0 Å². The zero-order chi connectivity index (χ0) is 15.2. The van der Waals surface area contributed by atoms with Crippen LogP contribution in [0, 0.1) is 11.8 Å². The molecule has 1 aliphatic rings. The molecule has 1 fully saturated rings. The van der Waals surface area contributed by atoms with E-state index in [-0.39, 0.29) is 30.1 Å². The highest BCUT2D eigenvalue weighted by molar-refractivity contribution is 7.13. The lowest BCUT2D eigenvalue weighted by Crippen LogP contribution is -2.29. The standard InChI is InChI=1S/C14H21N3O3S/c1-2-20-12(18)6-10-8-21-14(16-10)17-13(19)11-5-3-4-9(11)7-15/h8-9,11H,2-7,15H2,1H3,(H,16,17,19)/t9-,11-/m1/s1. The third-order valence-corrected chi connectivity index (χ3v) is 4.52. The molecule has 1 amide bonds. The number of hydrogen-bond acceptors (Lipinski definition) is 6. The third-order valence-electron chi connectivity index (χ3n) is 3.71. The normalized spacial score (nSPS) is 21.2. The van der Waals surface area contributed by atoms with Gasteiger partial charge in [-0.25, -0.2) is 4.98 Å². The van der Waals surface area contributed by atoms with E-state index < -0.39 is 0 Å². The molecule has 2 rings (SSSR count). The minimum absolute atomic E-state index is 0.0139. The summed E-state index contributed by atoms with van der Waals surface area (Å²) in [6.07, 6.45) is 3.08. The van der Waals surface area contributed by atoms with Crippen LogP contribution in [-0.2, 0) is 20.7 Å². The minimum atomic E-state index is -0.306. The smallest absolute Gasteiger partial charge is 0.311 e. The summed E-state index contributed by atoms with van der Waals surface area (Å²) in [4.78, 5) is 27.9. The van der Waals surface area contributed by atoms with Crippen molar-refractivity contribution in [2.75, 3.05) is 18.5 Å². The van der Waals surface area contributed by atoms with E-state index in [0.717, 1.165) is 19.3 Å². The van der Waals surface area contributed by atoms with Crippen molar-refractivity contribution in [3.8, 4) is 0 Å². The minimum Gasteiger partial charge on any atom is -0.466 e. The predicted molar refractivity (Wildman–Crippen MR) is 81.0 cm³/mol. The lowest BCUT2D eigenvalue weighted by Gasteiger charge is -2.16. The van der Waals surface area contributed by atoms with Gasteiger partial charge in [-0.2, -0.15) is 0 Å². The number of hydrogen-bond donors (Lipinski definition) is 2. The molecule has 0 aromatic carbocycles. The number of rotatable bonds is 6. The Hall–Kier alpha value is -1.47. The topological polar surface area (TPSA) is 94.3 Å². The number of nitrogens with zero attached hydrogens (tertiary/aromatic N) is 1. The number of aromatic nitrogens is 1. The SMILES string of the molecule is CCOC(=O)Cc1csc(NC(=O)[C@@H]2CCC[C@@H]2CN)n1. The van der Waals surface area contributed by atoms with E-state index in [1.807, 2.05) is 0 Å². The first-order chi connectivity index (χ1) is 10.1. The molecule has 0 spiro atoms. The first kappa shape index (κ1) is 15.9. The summed E-state index contributed by atoms with van der Waals surface area (Å²) < 4.78 is 4.87. The monoisotopic (exact) mass is 311 g/mol. The summed E-state index contributed by atoms with van der Waals surface area (Å²) in [5.74, 6) is -0.0731. The zero-order valence-corrected chi connectivity index (χ0v) is 12.9. The fourth-order valence-corrected chi connectivity index (χ4v) is 3.38. The molecule has 1 aromatic rings. The van der Waals surface area contributed by atoms with Crippen LogP contribution in [0.15, 0.2) is 5.38 Å². The van der Waals surface area contributed by atoms with Crippen molar-refractivity contribution >= 4 is 28.3 Å². The number of nitrogens with one attached hydrogen (secondary N) is 1. The van der Waals surface area contributed by atoms with Crippen molar-refractivity contribution in [1.82, 2.24) is 4.98 Å². The van der Waals surface area contributed by atoms with E-state index in [4.69, 9.17) is 10.5 Å². The zero-order valence-electron chi connectivity index (χ0n) is 12.1. The van der Waals surface area contributed by atoms with Crippen molar-refractivity contribution in [1.29, 1.82) is 0 Å². The van der Waals surface area contributed by atoms with Crippen LogP contribution < -0.4 is 11.1 Å². The Bertz CT molecular complexity index is 503. The summed E-state index contributed by atoms with van der Waals surface area (Å²) in [5, 5.41) is 5.13. The molecule has 0 bridgehead atoms. The molecular weight excluding hydrogens is 290 g/mol. The van der Waals surface area contributed by atoms with Gasteiger partial charge in [0.05, 0.1) is 18.7 Å². The molecule has 1 aliphatic carbocycles. The van der Waals surface area contributed by atoms with Gasteiger partial charge in [0.1, 0.15) is 0 Å². The van der Waals surface area contributed by atoms with E-state index in [1.54, 1.807) is 12.3 Å². The molecule has 0 saturated heterocycles. The van der Waals surface area contributed by atoms with Crippen molar-refractivity contribution in [2.24, 2.45) is 17.6 Å². The number of esters is 1. The van der Waals surface area contributed by atoms with Crippen LogP contribution in [0.25, 0.3) is 0 Å². The van der Waals surface area contributed by atoms with Crippen LogP contribution in [-0.4, -0.2) is 30.0 Å². The van der Waals surface area contributed by atoms with Crippen molar-refractivity contribution in [2.45, 2.75) is 32.6 Å². The fraction of sp³-hybridized carbons (Fsp3) is 0.643. The molecule has 0 aliphatic heterocycles. The maximum Gasteiger partial charge on any atom is 0.311 e. The molecule has 7 heteroatoms. The van der Waals surface area contributed by atoms with Crippen molar-refractivity contribution in [3.05, 3.63) is 11.1 Å². The summed E-state index contributed by atoms with van der Waals surface area (Å²) in [6, 6.07) is 0. The molecule has 116 valence electrons. The highest BCUT2D eigenvalue weighted by atomic mass is 32.1. The Morgan fingerprint density at radius 3 is 3.05 bits per heavy atom. The van der Waals surface area contributed by atoms with E-state index in [0.29, 0.717) is 24.0 Å². The number of amides is 1. The average Bonchev–Trinajstić information content (AvgIpc) is 3.07. The number of anilines is 1. The van der Waals surface area contributed by atoms with E-state index in [1.165, 1.54) is 11.3 Å². The fourth-order valence-electron chi connectivity index (χ4n) is 2.67. The van der Waals surface area contributed by atoms with Gasteiger partial charge in [0, 0.05) is 11.3 Å². The van der Waals surface area contributed by atoms with Crippen LogP contribution in [0.5, 0.6) is 0 Å². The molecule has 1 saturated carbocycles. The quantitative estimate of drug-likeness (QED) is 0.778. The van der Waals surface area contributed by atoms with E-state index in [2.05, 4.69) is 10.3 Å². The summed E-state index contributed by atoms with van der Waals surface area (Å²) in [5.41, 5.74) is 6.32. The first-order valence-corrected chi connectivity index (χ1v) is 8.13. The molecule has 0 unspecified atom stereocenters. The number of nitrogens with two attached hydrogens (primary N) is 1. The molecule has 3 N–H and O–H groups in total. The molecule has 0 radical (unpaired) electrons. The number of thiazole rings is 1. The molecule has 1 aromatic heterocycles. The van der Waals surface area contributed by atoms with Crippen LogP contribution in [0.4, 0.5) is 5.13 Å². The van der Waals surface area contributed by atoms with Gasteiger partial charge in [-0.3, -0.25) is 9.59 Å². The Kier molecular flexibility index (Phi) is 5.69. The molecule has 6 nitrogen and oxygen atoms in total. The number of carbonyl (C=O) groups is 2. The second kappa shape index (κ2) is 7.51. The first-order valence-electron chi connectivity index (χ1n) is 7.25. The molecule has 2 atom stereocenters. The van der Waals surface area contributed by atoms with Crippen LogP contribution >= 0.6 is 11.3 Å². The van der Waals surface area contributed by atoms with Crippen LogP contribution in [0.1, 0.15) is 31.9 Å². The van der Waals surface area contributed by atoms with Gasteiger partial charge in [-0.05, 0) is 32.2 Å². The van der Waals surface area contributed by atoms with Gasteiger partial charge >= 0.3 is 5.97 Å². The Morgan fingerprint density at radius 2 is 2.33 bits per heavy atom. The maximum atomic E-state index is 12.2. The Labute approximate surface area is 128 Å². The van der Waals surface area contributed by atoms with E-state index in [9.17, 15) is 9.59 Å². The van der Waals surface area contributed by atoms with Gasteiger partial charge in [-0.15, -0.1) is 11.3 Å². The molecule has 1 heterocycles. The molecular formula is C14H21N3O3S. The van der Waals surface area contributed by atoms with E-state index >= 15 is 0 Å². The predicted octanol–water partition coefficient (Wildman–Crippen LogP) is 1.56. The number of carbonyl (C=O) groups excluding carboxylic acids is 2. The lowest BCUT2D eigenvalue weighted by molar-refractivity contribution is -0.142. The van der Waals surface area contributed by atoms with Gasteiger partial charge < -0.3 is 15.8 Å². The van der Waals surface area contributed by atoms with Gasteiger partial charge in [0.2, 0.25) is 5.91 Å². The highest BCUT2D eigenvalue weighted by Gasteiger charge is 2.32. The Morgan fingerprint density at radius 1 is 1.52 bits per heavy atom. The second-order valence-electron chi connectivity index (χ2n) is 5.15. The van der Waals surface area contributed by atoms with Gasteiger partial charge in [-0.1, -0.05) is 6.42 Å². The van der Waals surface area contributed by atoms with Gasteiger partial charge in [0.15, 0.2) is 5.13 Å². The summed E-state index contributed by atoms with van der Waals surface area (Å²) >= 11 is 1.32. The largest absolute Gasteiger partial charge is 0.466 e. The maximum absolute atomic E-state index is 12.2. The molecule has 21 heavy (non-hydrogen) atoms.